The van der Waals surface area contributed by atoms with Crippen molar-refractivity contribution in [3.63, 3.8) is 0 Å². The van der Waals surface area contributed by atoms with Crippen molar-refractivity contribution in [2.75, 3.05) is 0 Å². The molecule has 0 spiro atoms. The number of carbonyl (C=O) groups is 1. The van der Waals surface area contributed by atoms with E-state index >= 15 is 0 Å². The van der Waals surface area contributed by atoms with Crippen molar-refractivity contribution < 1.29 is 4.79 Å². The zero-order valence-corrected chi connectivity index (χ0v) is 19.8. The SMILES string of the molecule is CC(C)NC(=O)N(Cc1cccc(C#Cc2ccccc2)c1)Cc1cccc(C#CC2CC2)c1. The van der Waals surface area contributed by atoms with Crippen LogP contribution in [0.15, 0.2) is 78.9 Å². The molecule has 3 nitrogen and oxygen atoms in total. The average molecular weight is 447 g/mol. The molecule has 34 heavy (non-hydrogen) atoms. The van der Waals surface area contributed by atoms with Gasteiger partial charge in [-0.3, -0.25) is 0 Å². The summed E-state index contributed by atoms with van der Waals surface area (Å²) < 4.78 is 0. The lowest BCUT2D eigenvalue weighted by Crippen LogP contribution is -2.42. The predicted octanol–water partition coefficient (Wildman–Crippen LogP) is 5.97. The smallest absolute Gasteiger partial charge is 0.318 e. The highest BCUT2D eigenvalue weighted by Crippen LogP contribution is 2.27. The quantitative estimate of drug-likeness (QED) is 0.481. The van der Waals surface area contributed by atoms with E-state index in [1.807, 2.05) is 79.4 Å². The van der Waals surface area contributed by atoms with Gasteiger partial charge in [0.05, 0.1) is 0 Å². The molecule has 0 atom stereocenters. The summed E-state index contributed by atoms with van der Waals surface area (Å²) in [5.74, 6) is 13.6. The molecule has 0 aromatic heterocycles. The lowest BCUT2D eigenvalue weighted by atomic mass is 10.1. The van der Waals surface area contributed by atoms with Crippen LogP contribution in [0.2, 0.25) is 0 Å². The third-order valence-corrected chi connectivity index (χ3v) is 5.42. The zero-order valence-electron chi connectivity index (χ0n) is 19.8. The molecule has 3 aromatic rings. The maximum atomic E-state index is 13.0. The molecule has 3 heteroatoms. The number of carbonyl (C=O) groups excluding carboxylic acids is 1. The number of hydrogen-bond donors (Lipinski definition) is 1. The van der Waals surface area contributed by atoms with Gasteiger partial charge in [0.1, 0.15) is 0 Å². The van der Waals surface area contributed by atoms with Crippen molar-refractivity contribution in [1.29, 1.82) is 0 Å². The molecule has 170 valence electrons. The predicted molar refractivity (Wildman–Crippen MR) is 138 cm³/mol. The first-order valence-electron chi connectivity index (χ1n) is 11.9. The van der Waals surface area contributed by atoms with Gasteiger partial charge >= 0.3 is 6.03 Å². The van der Waals surface area contributed by atoms with E-state index in [1.165, 1.54) is 12.8 Å². The number of nitrogens with zero attached hydrogens (tertiary/aromatic N) is 1. The van der Waals surface area contributed by atoms with E-state index in [9.17, 15) is 4.79 Å². The van der Waals surface area contributed by atoms with Gasteiger partial charge in [-0.25, -0.2) is 4.79 Å². The van der Waals surface area contributed by atoms with Crippen LogP contribution >= 0.6 is 0 Å². The second-order valence-electron chi connectivity index (χ2n) is 9.02. The lowest BCUT2D eigenvalue weighted by molar-refractivity contribution is 0.189. The number of nitrogens with one attached hydrogen (secondary N) is 1. The van der Waals surface area contributed by atoms with Crippen molar-refractivity contribution in [1.82, 2.24) is 10.2 Å². The number of rotatable bonds is 5. The van der Waals surface area contributed by atoms with E-state index in [0.29, 0.717) is 19.0 Å². The Kier molecular flexibility index (Phi) is 7.69. The Labute approximate surface area is 203 Å². The number of amides is 2. The molecule has 0 aliphatic heterocycles. The molecule has 1 N–H and O–H groups in total. The number of hydrogen-bond acceptors (Lipinski definition) is 1. The highest BCUT2D eigenvalue weighted by Gasteiger charge is 2.18. The molecule has 2 amide bonds. The maximum absolute atomic E-state index is 13.0. The standard InChI is InChI=1S/C31H30N2O/c1-24(2)32-31(34)33(23-30-13-7-11-28(21-30)19-17-26-14-15-26)22-29-12-6-10-27(20-29)18-16-25-8-4-3-5-9-25/h3-13,20-21,24,26H,14-15,22-23H2,1-2H3,(H,32,34). The molecule has 0 radical (unpaired) electrons. The molecule has 3 aromatic carbocycles. The number of urea groups is 1. The van der Waals surface area contributed by atoms with Gasteiger partial charge in [-0.05, 0) is 74.2 Å². The molecular formula is C31H30N2O. The molecule has 1 aliphatic carbocycles. The van der Waals surface area contributed by atoms with Crippen LogP contribution in [0.4, 0.5) is 4.79 Å². The average Bonchev–Trinajstić information content (AvgIpc) is 3.67. The van der Waals surface area contributed by atoms with E-state index in [0.717, 1.165) is 27.8 Å². The summed E-state index contributed by atoms with van der Waals surface area (Å²) >= 11 is 0. The van der Waals surface area contributed by atoms with Crippen LogP contribution in [0.5, 0.6) is 0 Å². The van der Waals surface area contributed by atoms with Gasteiger partial charge in [0.2, 0.25) is 0 Å². The van der Waals surface area contributed by atoms with Crippen molar-refractivity contribution in [2.24, 2.45) is 5.92 Å². The largest absolute Gasteiger partial charge is 0.336 e. The minimum atomic E-state index is -0.0785. The first-order chi connectivity index (χ1) is 16.5. The Hall–Kier alpha value is -3.95. The Morgan fingerprint density at radius 2 is 1.38 bits per heavy atom. The normalized spacial score (nSPS) is 12.2. The molecule has 0 heterocycles. The minimum absolute atomic E-state index is 0.0637. The van der Waals surface area contributed by atoms with Crippen LogP contribution in [0.25, 0.3) is 0 Å². The summed E-state index contributed by atoms with van der Waals surface area (Å²) in [5.41, 5.74) is 5.04. The third-order valence-electron chi connectivity index (χ3n) is 5.42. The van der Waals surface area contributed by atoms with Gasteiger partial charge in [-0.15, -0.1) is 0 Å². The Bertz CT molecular complexity index is 1250. The summed E-state index contributed by atoms with van der Waals surface area (Å²) in [6.07, 6.45) is 2.43. The summed E-state index contributed by atoms with van der Waals surface area (Å²) in [4.78, 5) is 14.9. The Balaban J connectivity index is 1.52. The van der Waals surface area contributed by atoms with Gasteiger partial charge < -0.3 is 10.2 Å². The third kappa shape index (κ3) is 7.29. The second-order valence-corrected chi connectivity index (χ2v) is 9.02. The van der Waals surface area contributed by atoms with Crippen LogP contribution in [0.1, 0.15) is 54.5 Å². The molecular weight excluding hydrogens is 416 g/mol. The molecule has 0 bridgehead atoms. The van der Waals surface area contributed by atoms with E-state index in [2.05, 4.69) is 47.2 Å². The van der Waals surface area contributed by atoms with Gasteiger partial charge in [0.15, 0.2) is 0 Å². The molecule has 1 fully saturated rings. The van der Waals surface area contributed by atoms with Gasteiger partial charge in [-0.2, -0.15) is 0 Å². The monoisotopic (exact) mass is 446 g/mol. The van der Waals surface area contributed by atoms with Crippen LogP contribution in [0.3, 0.4) is 0 Å². The van der Waals surface area contributed by atoms with Crippen molar-refractivity contribution >= 4 is 6.03 Å². The summed E-state index contributed by atoms with van der Waals surface area (Å²) in [7, 11) is 0. The number of benzene rings is 3. The van der Waals surface area contributed by atoms with Gasteiger partial charge in [0.25, 0.3) is 0 Å². The van der Waals surface area contributed by atoms with Crippen molar-refractivity contribution in [3.05, 3.63) is 107 Å². The van der Waals surface area contributed by atoms with Crippen molar-refractivity contribution in [3.8, 4) is 23.7 Å². The highest BCUT2D eigenvalue weighted by molar-refractivity contribution is 5.74. The van der Waals surface area contributed by atoms with Crippen molar-refractivity contribution in [2.45, 2.75) is 45.8 Å². The van der Waals surface area contributed by atoms with Crippen LogP contribution in [0, 0.1) is 29.6 Å². The van der Waals surface area contributed by atoms with E-state index in [4.69, 9.17) is 0 Å². The van der Waals surface area contributed by atoms with E-state index in [1.54, 1.807) is 0 Å². The zero-order chi connectivity index (χ0) is 23.8. The van der Waals surface area contributed by atoms with Crippen LogP contribution < -0.4 is 5.32 Å². The summed E-state index contributed by atoms with van der Waals surface area (Å²) in [6, 6.07) is 26.2. The first kappa shape index (κ1) is 23.2. The van der Waals surface area contributed by atoms with Gasteiger partial charge in [0, 0.05) is 41.7 Å². The second kappa shape index (κ2) is 11.3. The molecule has 0 unspecified atom stereocenters. The summed E-state index contributed by atoms with van der Waals surface area (Å²) in [5, 5.41) is 3.04. The minimum Gasteiger partial charge on any atom is -0.336 e. The fraction of sp³-hybridized carbons (Fsp3) is 0.258. The van der Waals surface area contributed by atoms with Crippen LogP contribution in [-0.4, -0.2) is 17.0 Å². The maximum Gasteiger partial charge on any atom is 0.318 e. The Morgan fingerprint density at radius 3 is 1.97 bits per heavy atom. The summed E-state index contributed by atoms with van der Waals surface area (Å²) in [6.45, 7) is 4.96. The molecule has 0 saturated heterocycles. The molecule has 1 saturated carbocycles. The highest BCUT2D eigenvalue weighted by atomic mass is 16.2. The first-order valence-corrected chi connectivity index (χ1v) is 11.9. The fourth-order valence-electron chi connectivity index (χ4n) is 3.55. The van der Waals surface area contributed by atoms with E-state index in [-0.39, 0.29) is 12.1 Å². The molecule has 1 aliphatic rings. The van der Waals surface area contributed by atoms with Crippen LogP contribution in [-0.2, 0) is 13.1 Å². The molecule has 4 rings (SSSR count). The topological polar surface area (TPSA) is 32.3 Å². The van der Waals surface area contributed by atoms with E-state index < -0.39 is 0 Å². The Morgan fingerprint density at radius 1 is 0.824 bits per heavy atom. The lowest BCUT2D eigenvalue weighted by Gasteiger charge is -2.25. The fourth-order valence-corrected chi connectivity index (χ4v) is 3.55. The van der Waals surface area contributed by atoms with Gasteiger partial charge in [-0.1, -0.05) is 66.1 Å².